The Kier molecular flexibility index (Phi) is 4.38. The van der Waals surface area contributed by atoms with Crippen LogP contribution in [0.15, 0.2) is 36.7 Å². The molecular weight excluding hydrogens is 234 g/mol. The monoisotopic (exact) mass is 257 g/mol. The Labute approximate surface area is 115 Å². The van der Waals surface area contributed by atoms with Gasteiger partial charge in [-0.2, -0.15) is 5.10 Å². The van der Waals surface area contributed by atoms with E-state index in [4.69, 9.17) is 5.73 Å². The van der Waals surface area contributed by atoms with Crippen LogP contribution in [-0.4, -0.2) is 9.78 Å². The van der Waals surface area contributed by atoms with Crippen LogP contribution in [0, 0.1) is 12.8 Å². The summed E-state index contributed by atoms with van der Waals surface area (Å²) in [4.78, 5) is 0. The molecule has 102 valence electrons. The van der Waals surface area contributed by atoms with Crippen LogP contribution < -0.4 is 5.73 Å². The second-order valence-electron chi connectivity index (χ2n) is 5.69. The molecule has 2 N–H and O–H groups in total. The summed E-state index contributed by atoms with van der Waals surface area (Å²) in [6.07, 6.45) is 5.00. The minimum atomic E-state index is -0.00704. The maximum Gasteiger partial charge on any atom is 0.0602 e. The van der Waals surface area contributed by atoms with E-state index in [-0.39, 0.29) is 6.04 Å². The number of nitrogens with two attached hydrogens (primary N) is 1. The van der Waals surface area contributed by atoms with Crippen LogP contribution in [0.4, 0.5) is 0 Å². The van der Waals surface area contributed by atoms with E-state index in [1.165, 1.54) is 16.7 Å². The number of hydrogen-bond acceptors (Lipinski definition) is 2. The summed E-state index contributed by atoms with van der Waals surface area (Å²) in [5.41, 5.74) is 9.94. The van der Waals surface area contributed by atoms with Crippen molar-refractivity contribution in [3.05, 3.63) is 53.3 Å². The van der Waals surface area contributed by atoms with Gasteiger partial charge in [0.05, 0.1) is 12.7 Å². The molecule has 0 aliphatic rings. The Hall–Kier alpha value is -1.61. The largest absolute Gasteiger partial charge is 0.322 e. The molecule has 0 fully saturated rings. The van der Waals surface area contributed by atoms with E-state index >= 15 is 0 Å². The Morgan fingerprint density at radius 1 is 1.21 bits per heavy atom. The summed E-state index contributed by atoms with van der Waals surface area (Å²) in [5.74, 6) is 0.687. The SMILES string of the molecule is Cc1cnn(CC(N)c2ccc(CC(C)C)cc2)c1. The lowest BCUT2D eigenvalue weighted by Crippen LogP contribution is -2.18. The van der Waals surface area contributed by atoms with Gasteiger partial charge in [-0.15, -0.1) is 0 Å². The Bertz CT molecular complexity index is 511. The first-order chi connectivity index (χ1) is 9.04. The number of hydrogen-bond donors (Lipinski definition) is 1. The van der Waals surface area contributed by atoms with Crippen LogP contribution in [0.1, 0.15) is 36.6 Å². The summed E-state index contributed by atoms with van der Waals surface area (Å²) >= 11 is 0. The molecule has 1 heterocycles. The van der Waals surface area contributed by atoms with Gasteiger partial charge in [0.15, 0.2) is 0 Å². The third-order valence-electron chi connectivity index (χ3n) is 3.20. The molecule has 0 saturated heterocycles. The van der Waals surface area contributed by atoms with Crippen LogP contribution >= 0.6 is 0 Å². The van der Waals surface area contributed by atoms with E-state index in [0.717, 1.165) is 13.0 Å². The maximum absolute atomic E-state index is 6.23. The molecule has 2 rings (SSSR count). The van der Waals surface area contributed by atoms with E-state index in [1.54, 1.807) is 0 Å². The van der Waals surface area contributed by atoms with Gasteiger partial charge in [0.25, 0.3) is 0 Å². The molecule has 1 aromatic carbocycles. The summed E-state index contributed by atoms with van der Waals surface area (Å²) < 4.78 is 1.90. The third-order valence-corrected chi connectivity index (χ3v) is 3.20. The molecule has 0 bridgehead atoms. The van der Waals surface area contributed by atoms with Gasteiger partial charge in [-0.3, -0.25) is 4.68 Å². The smallest absolute Gasteiger partial charge is 0.0602 e. The Balaban J connectivity index is 2.01. The topological polar surface area (TPSA) is 43.8 Å². The van der Waals surface area contributed by atoms with Crippen LogP contribution in [0.5, 0.6) is 0 Å². The van der Waals surface area contributed by atoms with Crippen molar-refractivity contribution in [2.24, 2.45) is 11.7 Å². The van der Waals surface area contributed by atoms with Crippen molar-refractivity contribution in [1.29, 1.82) is 0 Å². The van der Waals surface area contributed by atoms with Crippen molar-refractivity contribution in [3.63, 3.8) is 0 Å². The summed E-state index contributed by atoms with van der Waals surface area (Å²) in [6.45, 7) is 7.23. The van der Waals surface area contributed by atoms with Crippen LogP contribution in [0.3, 0.4) is 0 Å². The predicted octanol–water partition coefficient (Wildman–Crippen LogP) is 3.09. The van der Waals surface area contributed by atoms with E-state index < -0.39 is 0 Å². The van der Waals surface area contributed by atoms with Crippen molar-refractivity contribution < 1.29 is 0 Å². The fourth-order valence-electron chi connectivity index (χ4n) is 2.25. The molecule has 0 aliphatic heterocycles. The van der Waals surface area contributed by atoms with Gasteiger partial charge in [-0.25, -0.2) is 0 Å². The molecular formula is C16H23N3. The van der Waals surface area contributed by atoms with Crippen molar-refractivity contribution >= 4 is 0 Å². The van der Waals surface area contributed by atoms with Crippen LogP contribution in [-0.2, 0) is 13.0 Å². The van der Waals surface area contributed by atoms with Crippen molar-refractivity contribution in [2.45, 2.75) is 39.8 Å². The lowest BCUT2D eigenvalue weighted by Gasteiger charge is -2.13. The lowest BCUT2D eigenvalue weighted by atomic mass is 10.00. The highest BCUT2D eigenvalue weighted by Gasteiger charge is 2.08. The molecule has 19 heavy (non-hydrogen) atoms. The minimum absolute atomic E-state index is 0.00704. The molecule has 0 amide bonds. The van der Waals surface area contributed by atoms with Crippen molar-refractivity contribution in [1.82, 2.24) is 9.78 Å². The zero-order chi connectivity index (χ0) is 13.8. The molecule has 3 heteroatoms. The molecule has 0 aliphatic carbocycles. The highest BCUT2D eigenvalue weighted by atomic mass is 15.3. The predicted molar refractivity (Wildman–Crippen MR) is 78.9 cm³/mol. The quantitative estimate of drug-likeness (QED) is 0.894. The first-order valence-corrected chi connectivity index (χ1v) is 6.88. The molecule has 0 radical (unpaired) electrons. The highest BCUT2D eigenvalue weighted by molar-refractivity contribution is 5.25. The molecule has 1 aromatic heterocycles. The Morgan fingerprint density at radius 2 is 1.89 bits per heavy atom. The second kappa shape index (κ2) is 6.02. The molecule has 0 spiro atoms. The molecule has 1 atom stereocenters. The molecule has 0 saturated carbocycles. The number of nitrogens with zero attached hydrogens (tertiary/aromatic N) is 2. The van der Waals surface area contributed by atoms with Gasteiger partial charge < -0.3 is 5.73 Å². The van der Waals surface area contributed by atoms with Crippen molar-refractivity contribution in [2.75, 3.05) is 0 Å². The fourth-order valence-corrected chi connectivity index (χ4v) is 2.25. The second-order valence-corrected chi connectivity index (χ2v) is 5.69. The van der Waals surface area contributed by atoms with Gasteiger partial charge in [0.1, 0.15) is 0 Å². The zero-order valence-corrected chi connectivity index (χ0v) is 12.0. The molecule has 1 unspecified atom stereocenters. The fraction of sp³-hybridized carbons (Fsp3) is 0.438. The zero-order valence-electron chi connectivity index (χ0n) is 12.0. The third kappa shape index (κ3) is 3.93. The van der Waals surface area contributed by atoms with Gasteiger partial charge in [0, 0.05) is 12.2 Å². The van der Waals surface area contributed by atoms with Gasteiger partial charge in [-0.1, -0.05) is 38.1 Å². The summed E-state index contributed by atoms with van der Waals surface area (Å²) in [5, 5.41) is 4.27. The number of rotatable bonds is 5. The van der Waals surface area contributed by atoms with E-state index in [2.05, 4.69) is 43.2 Å². The maximum atomic E-state index is 6.23. The number of aryl methyl sites for hydroxylation is 1. The van der Waals surface area contributed by atoms with Gasteiger partial charge in [0.2, 0.25) is 0 Å². The van der Waals surface area contributed by atoms with Crippen LogP contribution in [0.25, 0.3) is 0 Å². The molecule has 3 nitrogen and oxygen atoms in total. The summed E-state index contributed by atoms with van der Waals surface area (Å²) in [6, 6.07) is 8.64. The standard InChI is InChI=1S/C16H23N3/c1-12(2)8-14-4-6-15(7-5-14)16(17)11-19-10-13(3)9-18-19/h4-7,9-10,12,16H,8,11,17H2,1-3H3. The minimum Gasteiger partial charge on any atom is -0.322 e. The average Bonchev–Trinajstić information content (AvgIpc) is 2.75. The first-order valence-electron chi connectivity index (χ1n) is 6.88. The first kappa shape index (κ1) is 13.8. The average molecular weight is 257 g/mol. The Morgan fingerprint density at radius 3 is 2.42 bits per heavy atom. The molecule has 2 aromatic rings. The lowest BCUT2D eigenvalue weighted by molar-refractivity contribution is 0.527. The van der Waals surface area contributed by atoms with E-state index in [9.17, 15) is 0 Å². The normalized spacial score (nSPS) is 12.9. The number of aromatic nitrogens is 2. The highest BCUT2D eigenvalue weighted by Crippen LogP contribution is 2.15. The number of benzene rings is 1. The summed E-state index contributed by atoms with van der Waals surface area (Å²) in [7, 11) is 0. The van der Waals surface area contributed by atoms with Crippen LogP contribution in [0.2, 0.25) is 0 Å². The van der Waals surface area contributed by atoms with Crippen molar-refractivity contribution in [3.8, 4) is 0 Å². The van der Waals surface area contributed by atoms with Gasteiger partial charge in [-0.05, 0) is 36.0 Å². The van der Waals surface area contributed by atoms with E-state index in [0.29, 0.717) is 5.92 Å². The van der Waals surface area contributed by atoms with Gasteiger partial charge >= 0.3 is 0 Å². The van der Waals surface area contributed by atoms with E-state index in [1.807, 2.05) is 24.0 Å².